The van der Waals surface area contributed by atoms with E-state index >= 15 is 0 Å². The van der Waals surface area contributed by atoms with Crippen LogP contribution in [0.25, 0.3) is 0 Å². The van der Waals surface area contributed by atoms with Crippen LogP contribution >= 0.6 is 0 Å². The molecule has 8 heteroatoms. The van der Waals surface area contributed by atoms with E-state index in [0.29, 0.717) is 62.3 Å². The van der Waals surface area contributed by atoms with Crippen molar-refractivity contribution < 1.29 is 28.3 Å². The molecule has 1 aromatic heterocycles. The topological polar surface area (TPSA) is 97.1 Å². The number of rotatable bonds is 5. The highest BCUT2D eigenvalue weighted by Crippen LogP contribution is 2.38. The molecule has 0 saturated carbocycles. The van der Waals surface area contributed by atoms with Gasteiger partial charge in [-0.2, -0.15) is 0 Å². The second-order valence-corrected chi connectivity index (χ2v) is 9.36. The molecule has 2 aliphatic rings. The van der Waals surface area contributed by atoms with Crippen LogP contribution in [-0.4, -0.2) is 66.7 Å². The van der Waals surface area contributed by atoms with Crippen molar-refractivity contribution in [1.29, 1.82) is 0 Å². The maximum absolute atomic E-state index is 13.0. The van der Waals surface area contributed by atoms with E-state index in [1.165, 1.54) is 4.90 Å². The molecule has 0 spiro atoms. The number of hydrogen-bond acceptors (Lipinski definition) is 6. The minimum Gasteiger partial charge on any atom is -0.466 e. The molecular weight excluding hydrogens is 400 g/mol. The fourth-order valence-electron chi connectivity index (χ4n) is 4.46. The van der Waals surface area contributed by atoms with Crippen LogP contribution in [0.4, 0.5) is 0 Å². The number of nitrogens with zero attached hydrogens (tertiary/aromatic N) is 2. The Morgan fingerprint density at radius 1 is 1.19 bits per heavy atom. The Kier molecular flexibility index (Phi) is 6.57. The van der Waals surface area contributed by atoms with Gasteiger partial charge in [0.25, 0.3) is 5.91 Å². The summed E-state index contributed by atoms with van der Waals surface area (Å²) in [5.41, 5.74) is 0.866. The van der Waals surface area contributed by atoms with Crippen molar-refractivity contribution in [2.45, 2.75) is 53.4 Å². The fourth-order valence-corrected chi connectivity index (χ4v) is 4.46. The number of esters is 1. The van der Waals surface area contributed by atoms with Crippen LogP contribution in [0.1, 0.15) is 72.3 Å². The van der Waals surface area contributed by atoms with Crippen molar-refractivity contribution in [2.24, 2.45) is 11.3 Å². The molecule has 0 atom stereocenters. The average Bonchev–Trinajstić information content (AvgIpc) is 3.02. The first-order chi connectivity index (χ1) is 14.5. The van der Waals surface area contributed by atoms with Crippen molar-refractivity contribution in [3.8, 4) is 0 Å². The SMILES string of the molecule is CCOC(=O)C1CCN(C(=O)CN(C)C(=O)c2oc3c(c2C)C(=O)CC(C)(C)C3)CC1. The summed E-state index contributed by atoms with van der Waals surface area (Å²) in [6.45, 7) is 8.69. The molecule has 1 aliphatic heterocycles. The van der Waals surface area contributed by atoms with E-state index in [1.807, 2.05) is 13.8 Å². The van der Waals surface area contributed by atoms with Crippen LogP contribution in [0.2, 0.25) is 0 Å². The lowest BCUT2D eigenvalue weighted by Crippen LogP contribution is -2.45. The zero-order valence-corrected chi connectivity index (χ0v) is 19.1. The first-order valence-corrected chi connectivity index (χ1v) is 10.9. The number of fused-ring (bicyclic) bond motifs is 1. The summed E-state index contributed by atoms with van der Waals surface area (Å²) in [4.78, 5) is 53.1. The van der Waals surface area contributed by atoms with Crippen molar-refractivity contribution in [3.63, 3.8) is 0 Å². The molecule has 0 aromatic carbocycles. The predicted molar refractivity (Wildman–Crippen MR) is 113 cm³/mol. The van der Waals surface area contributed by atoms with Crippen molar-refractivity contribution in [1.82, 2.24) is 9.80 Å². The largest absolute Gasteiger partial charge is 0.466 e. The Morgan fingerprint density at radius 3 is 2.45 bits per heavy atom. The summed E-state index contributed by atoms with van der Waals surface area (Å²) in [7, 11) is 1.55. The molecule has 0 radical (unpaired) electrons. The Labute approximate surface area is 182 Å². The van der Waals surface area contributed by atoms with E-state index in [-0.39, 0.29) is 41.3 Å². The Balaban J connectivity index is 1.62. The first kappa shape index (κ1) is 23.0. The number of likely N-dealkylation sites (tertiary alicyclic amines) is 1. The number of piperidine rings is 1. The van der Waals surface area contributed by atoms with Crippen LogP contribution < -0.4 is 0 Å². The van der Waals surface area contributed by atoms with Gasteiger partial charge in [0.05, 0.1) is 24.6 Å². The number of ketones is 1. The molecule has 8 nitrogen and oxygen atoms in total. The van der Waals surface area contributed by atoms with E-state index in [4.69, 9.17) is 9.15 Å². The van der Waals surface area contributed by atoms with E-state index in [9.17, 15) is 19.2 Å². The fraction of sp³-hybridized carbons (Fsp3) is 0.652. The molecule has 170 valence electrons. The summed E-state index contributed by atoms with van der Waals surface area (Å²) in [5.74, 6) is -0.291. The molecule has 2 heterocycles. The van der Waals surface area contributed by atoms with Crippen LogP contribution in [0, 0.1) is 18.3 Å². The second-order valence-electron chi connectivity index (χ2n) is 9.36. The number of hydrogen-bond donors (Lipinski definition) is 0. The summed E-state index contributed by atoms with van der Waals surface area (Å²) >= 11 is 0. The predicted octanol–water partition coefficient (Wildman–Crippen LogP) is 2.62. The van der Waals surface area contributed by atoms with Crippen molar-refractivity contribution >= 4 is 23.6 Å². The summed E-state index contributed by atoms with van der Waals surface area (Å²) in [5, 5.41) is 0. The van der Waals surface area contributed by atoms with Gasteiger partial charge in [0.1, 0.15) is 5.76 Å². The standard InChI is InChI=1S/C23H32N2O6/c1-6-30-22(29)15-7-9-25(10-8-15)18(27)13-24(5)21(28)20-14(2)19-16(26)11-23(3,4)12-17(19)31-20/h15H,6-13H2,1-5H3. The molecule has 3 rings (SSSR count). The Hall–Kier alpha value is -2.64. The number of likely N-dealkylation sites (N-methyl/N-ethyl adjacent to an activating group) is 1. The average molecular weight is 433 g/mol. The van der Waals surface area contributed by atoms with Gasteiger partial charge in [0, 0.05) is 38.5 Å². The highest BCUT2D eigenvalue weighted by molar-refractivity contribution is 6.04. The molecule has 1 fully saturated rings. The first-order valence-electron chi connectivity index (χ1n) is 10.9. The molecule has 0 N–H and O–H groups in total. The summed E-state index contributed by atoms with van der Waals surface area (Å²) < 4.78 is 10.9. The maximum Gasteiger partial charge on any atom is 0.309 e. The van der Waals surface area contributed by atoms with Crippen LogP contribution in [0.5, 0.6) is 0 Å². The van der Waals surface area contributed by atoms with Crippen LogP contribution in [-0.2, 0) is 20.7 Å². The minimum atomic E-state index is -0.410. The monoisotopic (exact) mass is 432 g/mol. The molecule has 1 saturated heterocycles. The third kappa shape index (κ3) is 4.83. The van der Waals surface area contributed by atoms with E-state index < -0.39 is 5.91 Å². The molecule has 2 amide bonds. The smallest absolute Gasteiger partial charge is 0.309 e. The maximum atomic E-state index is 13.0. The molecule has 31 heavy (non-hydrogen) atoms. The van der Waals surface area contributed by atoms with Gasteiger partial charge >= 0.3 is 5.97 Å². The Morgan fingerprint density at radius 2 is 1.84 bits per heavy atom. The lowest BCUT2D eigenvalue weighted by molar-refractivity contribution is -0.151. The molecular formula is C23H32N2O6. The molecule has 0 bridgehead atoms. The van der Waals surface area contributed by atoms with Gasteiger partial charge in [-0.1, -0.05) is 13.8 Å². The van der Waals surface area contributed by atoms with E-state index in [1.54, 1.807) is 25.8 Å². The van der Waals surface area contributed by atoms with Gasteiger partial charge in [0.2, 0.25) is 5.91 Å². The van der Waals surface area contributed by atoms with Crippen molar-refractivity contribution in [3.05, 3.63) is 22.6 Å². The highest BCUT2D eigenvalue weighted by Gasteiger charge is 2.38. The number of carbonyl (C=O) groups is 4. The third-order valence-corrected chi connectivity index (χ3v) is 6.16. The summed E-state index contributed by atoms with van der Waals surface area (Å²) in [6, 6.07) is 0. The minimum absolute atomic E-state index is 0.00486. The highest BCUT2D eigenvalue weighted by atomic mass is 16.5. The zero-order chi connectivity index (χ0) is 22.9. The zero-order valence-electron chi connectivity index (χ0n) is 19.1. The van der Waals surface area contributed by atoms with Crippen LogP contribution in [0.3, 0.4) is 0 Å². The normalized spacial score (nSPS) is 18.5. The molecule has 1 aliphatic carbocycles. The van der Waals surface area contributed by atoms with Gasteiger partial charge in [0.15, 0.2) is 11.5 Å². The van der Waals surface area contributed by atoms with Gasteiger partial charge in [-0.25, -0.2) is 0 Å². The Bertz CT molecular complexity index is 892. The number of amides is 2. The summed E-state index contributed by atoms with van der Waals surface area (Å²) in [6.07, 6.45) is 2.14. The molecule has 0 unspecified atom stereocenters. The van der Waals surface area contributed by atoms with E-state index in [0.717, 1.165) is 0 Å². The number of furan rings is 1. The van der Waals surface area contributed by atoms with Gasteiger partial charge in [-0.3, -0.25) is 19.2 Å². The second kappa shape index (κ2) is 8.85. The van der Waals surface area contributed by atoms with Crippen molar-refractivity contribution in [2.75, 3.05) is 33.3 Å². The number of Topliss-reactive ketones (excluding diaryl/α,β-unsaturated/α-hetero) is 1. The molecule has 1 aromatic rings. The lowest BCUT2D eigenvalue weighted by Gasteiger charge is -2.32. The van der Waals surface area contributed by atoms with Gasteiger partial charge < -0.3 is 19.0 Å². The number of ether oxygens (including phenoxy) is 1. The third-order valence-electron chi connectivity index (χ3n) is 6.16. The quantitative estimate of drug-likeness (QED) is 0.664. The van der Waals surface area contributed by atoms with Gasteiger partial charge in [-0.05, 0) is 32.1 Å². The lowest BCUT2D eigenvalue weighted by atomic mass is 9.76. The number of carbonyl (C=O) groups excluding carboxylic acids is 4. The van der Waals surface area contributed by atoms with Gasteiger partial charge in [-0.15, -0.1) is 0 Å². The van der Waals surface area contributed by atoms with Crippen LogP contribution in [0.15, 0.2) is 4.42 Å². The van der Waals surface area contributed by atoms with E-state index in [2.05, 4.69) is 0 Å².